The van der Waals surface area contributed by atoms with E-state index in [1.54, 1.807) is 0 Å². The molecular formula is C15H19FN2O3. The highest BCUT2D eigenvalue weighted by Crippen LogP contribution is 2.27. The Labute approximate surface area is 123 Å². The number of carbonyl (C=O) groups is 2. The number of halogens is 1. The number of amides is 2. The van der Waals surface area contributed by atoms with Crippen LogP contribution in [0.2, 0.25) is 0 Å². The van der Waals surface area contributed by atoms with Gasteiger partial charge in [0, 0.05) is 19.0 Å². The summed E-state index contributed by atoms with van der Waals surface area (Å²) in [7, 11) is 1.48. The minimum Gasteiger partial charge on any atom is -0.497 e. The van der Waals surface area contributed by atoms with Gasteiger partial charge in [0.15, 0.2) is 0 Å². The zero-order valence-corrected chi connectivity index (χ0v) is 12.2. The van der Waals surface area contributed by atoms with Crippen LogP contribution in [0.1, 0.15) is 26.2 Å². The van der Waals surface area contributed by atoms with E-state index in [1.165, 1.54) is 30.2 Å². The maximum absolute atomic E-state index is 14.1. The van der Waals surface area contributed by atoms with Gasteiger partial charge in [0.1, 0.15) is 17.6 Å². The fourth-order valence-electron chi connectivity index (χ4n) is 2.39. The van der Waals surface area contributed by atoms with Crippen LogP contribution in [0.5, 0.6) is 5.75 Å². The van der Waals surface area contributed by atoms with Crippen LogP contribution in [-0.2, 0) is 9.59 Å². The molecule has 0 aromatic heterocycles. The Balaban J connectivity index is 2.36. The third-order valence-corrected chi connectivity index (χ3v) is 3.48. The standard InChI is InChI=1S/C15H19FN2O3/c1-3-4-12-15(20)18(8-7-14(19)17-12)13-9-10(21-2)5-6-11(13)16/h5-6,9,12H,3-4,7-8H2,1-2H3,(H,17,19). The van der Waals surface area contributed by atoms with Crippen molar-refractivity contribution in [3.05, 3.63) is 24.0 Å². The average Bonchev–Trinajstić information content (AvgIpc) is 2.60. The molecular weight excluding hydrogens is 275 g/mol. The molecule has 1 unspecified atom stereocenters. The number of methoxy groups -OCH3 is 1. The van der Waals surface area contributed by atoms with Crippen molar-refractivity contribution < 1.29 is 18.7 Å². The van der Waals surface area contributed by atoms with Gasteiger partial charge in [-0.15, -0.1) is 0 Å². The predicted molar refractivity (Wildman–Crippen MR) is 76.8 cm³/mol. The van der Waals surface area contributed by atoms with Crippen molar-refractivity contribution >= 4 is 17.5 Å². The van der Waals surface area contributed by atoms with Crippen molar-refractivity contribution in [1.82, 2.24) is 5.32 Å². The molecule has 6 heteroatoms. The van der Waals surface area contributed by atoms with Gasteiger partial charge in [0.05, 0.1) is 12.8 Å². The van der Waals surface area contributed by atoms with E-state index < -0.39 is 11.9 Å². The highest BCUT2D eigenvalue weighted by Gasteiger charge is 2.31. The second-order valence-electron chi connectivity index (χ2n) is 4.97. The van der Waals surface area contributed by atoms with Crippen LogP contribution in [0, 0.1) is 5.82 Å². The Morgan fingerprint density at radius 3 is 2.86 bits per heavy atom. The Kier molecular flexibility index (Phi) is 4.77. The highest BCUT2D eigenvalue weighted by atomic mass is 19.1. The van der Waals surface area contributed by atoms with E-state index in [2.05, 4.69) is 5.32 Å². The van der Waals surface area contributed by atoms with E-state index >= 15 is 0 Å². The van der Waals surface area contributed by atoms with E-state index in [4.69, 9.17) is 4.74 Å². The Morgan fingerprint density at radius 1 is 1.43 bits per heavy atom. The molecule has 1 heterocycles. The second kappa shape index (κ2) is 6.56. The molecule has 5 nitrogen and oxygen atoms in total. The summed E-state index contributed by atoms with van der Waals surface area (Å²) in [4.78, 5) is 25.6. The van der Waals surface area contributed by atoms with Gasteiger partial charge in [-0.25, -0.2) is 4.39 Å². The summed E-state index contributed by atoms with van der Waals surface area (Å²) in [5.74, 6) is -0.508. The summed E-state index contributed by atoms with van der Waals surface area (Å²) < 4.78 is 19.1. The summed E-state index contributed by atoms with van der Waals surface area (Å²) in [6.45, 7) is 2.09. The molecule has 0 aliphatic carbocycles. The molecule has 1 aromatic rings. The van der Waals surface area contributed by atoms with E-state index in [0.717, 1.165) is 6.42 Å². The van der Waals surface area contributed by atoms with Crippen molar-refractivity contribution in [3.63, 3.8) is 0 Å². The molecule has 0 spiro atoms. The summed E-state index contributed by atoms with van der Waals surface area (Å²) in [5.41, 5.74) is 0.150. The lowest BCUT2D eigenvalue weighted by Crippen LogP contribution is -2.45. The van der Waals surface area contributed by atoms with Gasteiger partial charge in [-0.1, -0.05) is 13.3 Å². The fraction of sp³-hybridized carbons (Fsp3) is 0.467. The maximum atomic E-state index is 14.1. The summed E-state index contributed by atoms with van der Waals surface area (Å²) >= 11 is 0. The first-order chi connectivity index (χ1) is 10.1. The van der Waals surface area contributed by atoms with Crippen LogP contribution in [0.25, 0.3) is 0 Å². The largest absolute Gasteiger partial charge is 0.497 e. The van der Waals surface area contributed by atoms with Crippen LogP contribution < -0.4 is 15.0 Å². The first-order valence-corrected chi connectivity index (χ1v) is 7.01. The number of anilines is 1. The first kappa shape index (κ1) is 15.3. The molecule has 1 aliphatic rings. The summed E-state index contributed by atoms with van der Waals surface area (Å²) in [5, 5.41) is 2.69. The SMILES string of the molecule is CCCC1NC(=O)CCN(c2cc(OC)ccc2F)C1=O. The first-order valence-electron chi connectivity index (χ1n) is 7.01. The van der Waals surface area contributed by atoms with Crippen LogP contribution in [-0.4, -0.2) is 31.5 Å². The van der Waals surface area contributed by atoms with Gasteiger partial charge in [-0.2, -0.15) is 0 Å². The highest BCUT2D eigenvalue weighted by molar-refractivity contribution is 6.01. The summed E-state index contributed by atoms with van der Waals surface area (Å²) in [6.07, 6.45) is 1.44. The molecule has 2 rings (SSSR count). The van der Waals surface area contributed by atoms with Crippen LogP contribution in [0.4, 0.5) is 10.1 Å². The molecule has 1 aromatic carbocycles. The van der Waals surface area contributed by atoms with Crippen LogP contribution in [0.15, 0.2) is 18.2 Å². The number of rotatable bonds is 4. The minimum absolute atomic E-state index is 0.150. The number of benzene rings is 1. The molecule has 21 heavy (non-hydrogen) atoms. The van der Waals surface area contributed by atoms with Crippen LogP contribution >= 0.6 is 0 Å². The molecule has 1 fully saturated rings. The van der Waals surface area contributed by atoms with Crippen molar-refractivity contribution in [2.75, 3.05) is 18.6 Å². The van der Waals surface area contributed by atoms with Gasteiger partial charge in [-0.05, 0) is 18.6 Å². The maximum Gasteiger partial charge on any atom is 0.249 e. The minimum atomic E-state index is -0.601. The smallest absolute Gasteiger partial charge is 0.249 e. The topological polar surface area (TPSA) is 58.6 Å². The lowest BCUT2D eigenvalue weighted by atomic mass is 10.1. The van der Waals surface area contributed by atoms with E-state index in [9.17, 15) is 14.0 Å². The lowest BCUT2D eigenvalue weighted by Gasteiger charge is -2.24. The third-order valence-electron chi connectivity index (χ3n) is 3.48. The van der Waals surface area contributed by atoms with Gasteiger partial charge >= 0.3 is 0 Å². The molecule has 2 amide bonds. The van der Waals surface area contributed by atoms with E-state index in [1.807, 2.05) is 6.92 Å². The fourth-order valence-corrected chi connectivity index (χ4v) is 2.39. The number of nitrogens with zero attached hydrogens (tertiary/aromatic N) is 1. The zero-order chi connectivity index (χ0) is 15.4. The number of carbonyl (C=O) groups excluding carboxylic acids is 2. The van der Waals surface area contributed by atoms with Crippen LogP contribution in [0.3, 0.4) is 0 Å². The van der Waals surface area contributed by atoms with Crippen molar-refractivity contribution in [2.24, 2.45) is 0 Å². The molecule has 1 aliphatic heterocycles. The Morgan fingerprint density at radius 2 is 2.19 bits per heavy atom. The normalized spacial score (nSPS) is 19.2. The molecule has 1 saturated heterocycles. The lowest BCUT2D eigenvalue weighted by molar-refractivity contribution is -0.125. The van der Waals surface area contributed by atoms with Gasteiger partial charge in [0.25, 0.3) is 0 Å². The molecule has 0 radical (unpaired) electrons. The Bertz CT molecular complexity index is 548. The quantitative estimate of drug-likeness (QED) is 0.922. The van der Waals surface area contributed by atoms with Crippen molar-refractivity contribution in [3.8, 4) is 5.75 Å². The van der Waals surface area contributed by atoms with E-state index in [0.29, 0.717) is 12.2 Å². The van der Waals surface area contributed by atoms with Crippen molar-refractivity contribution in [2.45, 2.75) is 32.2 Å². The number of hydrogen-bond donors (Lipinski definition) is 1. The Hall–Kier alpha value is -2.11. The summed E-state index contributed by atoms with van der Waals surface area (Å²) in [6, 6.07) is 3.63. The number of nitrogens with one attached hydrogen (secondary N) is 1. The number of hydrogen-bond acceptors (Lipinski definition) is 3. The molecule has 1 atom stereocenters. The van der Waals surface area contributed by atoms with E-state index in [-0.39, 0.29) is 30.5 Å². The predicted octanol–water partition coefficient (Wildman–Crippen LogP) is 1.86. The van der Waals surface area contributed by atoms with Gasteiger partial charge in [-0.3, -0.25) is 9.59 Å². The molecule has 0 saturated carbocycles. The second-order valence-corrected chi connectivity index (χ2v) is 4.97. The monoisotopic (exact) mass is 294 g/mol. The number of ether oxygens (including phenoxy) is 1. The zero-order valence-electron chi connectivity index (χ0n) is 12.2. The molecule has 114 valence electrons. The van der Waals surface area contributed by atoms with Gasteiger partial charge in [0.2, 0.25) is 11.8 Å². The average molecular weight is 294 g/mol. The van der Waals surface area contributed by atoms with Gasteiger partial charge < -0.3 is 15.0 Å². The molecule has 0 bridgehead atoms. The van der Waals surface area contributed by atoms with Crippen molar-refractivity contribution in [1.29, 1.82) is 0 Å². The third kappa shape index (κ3) is 3.32. The molecule has 1 N–H and O–H groups in total.